The number of hydrogen-bond acceptors (Lipinski definition) is 8. The van der Waals surface area contributed by atoms with E-state index in [2.05, 4.69) is 15.0 Å². The number of fused-ring (bicyclic) bond motifs is 1. The summed E-state index contributed by atoms with van der Waals surface area (Å²) in [6, 6.07) is 7.71. The second-order valence-electron chi connectivity index (χ2n) is 5.45. The zero-order valence-corrected chi connectivity index (χ0v) is 20.5. The molecular formula is C23H37N5O4. The van der Waals surface area contributed by atoms with Gasteiger partial charge in [0, 0.05) is 12.7 Å². The molecule has 178 valence electrons. The van der Waals surface area contributed by atoms with Crippen LogP contribution in [0.4, 0.5) is 5.82 Å². The van der Waals surface area contributed by atoms with Crippen LogP contribution in [-0.4, -0.2) is 53.2 Å². The molecule has 0 saturated heterocycles. The molecule has 0 saturated carbocycles. The molecule has 9 nitrogen and oxygen atoms in total. The third-order valence-electron chi connectivity index (χ3n) is 3.72. The molecule has 2 heterocycles. The van der Waals surface area contributed by atoms with Crippen LogP contribution >= 0.6 is 0 Å². The Labute approximate surface area is 190 Å². The average Bonchev–Trinajstić information content (AvgIpc) is 3.21. The maximum absolute atomic E-state index is 10.8. The van der Waals surface area contributed by atoms with Gasteiger partial charge in [-0.15, -0.1) is 0 Å². The summed E-state index contributed by atoms with van der Waals surface area (Å²) in [5, 5.41) is 0. The van der Waals surface area contributed by atoms with E-state index < -0.39 is 0 Å². The molecule has 0 aliphatic rings. The third kappa shape index (κ3) is 7.81. The van der Waals surface area contributed by atoms with Crippen molar-refractivity contribution in [3.05, 3.63) is 35.4 Å². The molecule has 0 aliphatic heterocycles. The van der Waals surface area contributed by atoms with Crippen LogP contribution in [0, 0.1) is 0 Å². The highest BCUT2D eigenvalue weighted by molar-refractivity contribution is 5.83. The molecule has 0 aliphatic carbocycles. The van der Waals surface area contributed by atoms with E-state index in [1.807, 2.05) is 53.7 Å². The average molecular weight is 448 g/mol. The summed E-state index contributed by atoms with van der Waals surface area (Å²) in [6.07, 6.45) is 0.800. The van der Waals surface area contributed by atoms with E-state index in [9.17, 15) is 4.79 Å². The second-order valence-corrected chi connectivity index (χ2v) is 5.45. The number of hydrogen-bond donors (Lipinski definition) is 1. The lowest BCUT2D eigenvalue weighted by molar-refractivity contribution is 0.112. The Bertz CT molecular complexity index is 911. The fourth-order valence-electron chi connectivity index (χ4n) is 2.44. The number of benzene rings is 1. The number of carbonyl (C=O) groups is 1. The van der Waals surface area contributed by atoms with Crippen LogP contribution in [0.5, 0.6) is 12.0 Å². The van der Waals surface area contributed by atoms with Gasteiger partial charge >= 0.3 is 6.01 Å². The number of nitrogen functional groups attached to an aromatic ring is 1. The Balaban J connectivity index is 0.00000148. The molecule has 0 bridgehead atoms. The lowest BCUT2D eigenvalue weighted by Gasteiger charge is -2.09. The van der Waals surface area contributed by atoms with Gasteiger partial charge in [-0.1, -0.05) is 65.8 Å². The fraction of sp³-hybridized carbons (Fsp3) is 0.478. The molecule has 0 fully saturated rings. The first-order chi connectivity index (χ1) is 15.7. The molecule has 1 aromatic carbocycles. The van der Waals surface area contributed by atoms with Gasteiger partial charge in [-0.25, -0.2) is 0 Å². The molecule has 3 rings (SSSR count). The lowest BCUT2D eigenvalue weighted by atomic mass is 10.1. The molecule has 0 spiro atoms. The van der Waals surface area contributed by atoms with Crippen LogP contribution < -0.4 is 15.2 Å². The van der Waals surface area contributed by atoms with Gasteiger partial charge in [-0.05, 0) is 5.56 Å². The topological polar surface area (TPSA) is 114 Å². The Morgan fingerprint density at radius 1 is 0.938 bits per heavy atom. The summed E-state index contributed by atoms with van der Waals surface area (Å²) in [4.78, 5) is 23.7. The van der Waals surface area contributed by atoms with Crippen molar-refractivity contribution < 1.29 is 19.0 Å². The second kappa shape index (κ2) is 16.5. The summed E-state index contributed by atoms with van der Waals surface area (Å²) in [6.45, 7) is 13.2. The monoisotopic (exact) mass is 447 g/mol. The van der Waals surface area contributed by atoms with Crippen LogP contribution in [-0.2, 0) is 11.3 Å². The predicted molar refractivity (Wildman–Crippen MR) is 129 cm³/mol. The number of aldehydes is 1. The lowest BCUT2D eigenvalue weighted by Crippen LogP contribution is -2.09. The van der Waals surface area contributed by atoms with Crippen molar-refractivity contribution in [3.8, 4) is 12.0 Å². The SMILES string of the molecule is CC.CC.CC.COCCOc1nc(N)c2nc(OC)n(Cc3ccc(C=O)cc3)c2n1. The van der Waals surface area contributed by atoms with E-state index in [0.717, 1.165) is 11.8 Å². The molecule has 0 atom stereocenters. The van der Waals surface area contributed by atoms with E-state index in [-0.39, 0.29) is 11.8 Å². The first-order valence-electron chi connectivity index (χ1n) is 10.9. The number of nitrogens with two attached hydrogens (primary N) is 1. The highest BCUT2D eigenvalue weighted by Crippen LogP contribution is 2.26. The zero-order chi connectivity index (χ0) is 24.5. The number of imidazole rings is 1. The molecule has 0 unspecified atom stereocenters. The van der Waals surface area contributed by atoms with Gasteiger partial charge in [0.15, 0.2) is 17.0 Å². The smallest absolute Gasteiger partial charge is 0.320 e. The first kappa shape index (κ1) is 28.8. The number of rotatable bonds is 8. The minimum absolute atomic E-state index is 0.146. The number of methoxy groups -OCH3 is 2. The summed E-state index contributed by atoms with van der Waals surface area (Å²) in [7, 11) is 3.10. The Hall–Kier alpha value is -3.20. The number of aromatic nitrogens is 4. The van der Waals surface area contributed by atoms with E-state index in [0.29, 0.717) is 42.5 Å². The van der Waals surface area contributed by atoms with Gasteiger partial charge in [0.1, 0.15) is 12.9 Å². The van der Waals surface area contributed by atoms with Crippen molar-refractivity contribution in [2.24, 2.45) is 0 Å². The number of ether oxygens (including phenoxy) is 3. The molecule has 2 aromatic heterocycles. The number of carbonyl (C=O) groups excluding carboxylic acids is 1. The maximum atomic E-state index is 10.8. The molecule has 3 aromatic rings. The Morgan fingerprint density at radius 2 is 1.56 bits per heavy atom. The quantitative estimate of drug-likeness (QED) is 0.400. The van der Waals surface area contributed by atoms with Crippen molar-refractivity contribution in [1.29, 1.82) is 0 Å². The van der Waals surface area contributed by atoms with Crippen molar-refractivity contribution in [3.63, 3.8) is 0 Å². The highest BCUT2D eigenvalue weighted by Gasteiger charge is 2.18. The van der Waals surface area contributed by atoms with E-state index in [1.165, 1.54) is 7.11 Å². The summed E-state index contributed by atoms with van der Waals surface area (Å²) in [5.74, 6) is 0.204. The van der Waals surface area contributed by atoms with Gasteiger partial charge in [0.2, 0.25) is 0 Å². The predicted octanol–water partition coefficient (Wildman–Crippen LogP) is 4.38. The van der Waals surface area contributed by atoms with E-state index >= 15 is 0 Å². The van der Waals surface area contributed by atoms with Crippen molar-refractivity contribution >= 4 is 23.3 Å². The molecular weight excluding hydrogens is 410 g/mol. The minimum Gasteiger partial charge on any atom is -0.468 e. The van der Waals surface area contributed by atoms with Gasteiger partial charge in [0.25, 0.3) is 6.01 Å². The van der Waals surface area contributed by atoms with Gasteiger partial charge in [0.05, 0.1) is 20.3 Å². The normalized spacial score (nSPS) is 9.38. The van der Waals surface area contributed by atoms with Crippen molar-refractivity contribution in [1.82, 2.24) is 19.5 Å². The maximum Gasteiger partial charge on any atom is 0.320 e. The van der Waals surface area contributed by atoms with Crippen LogP contribution in [0.25, 0.3) is 11.2 Å². The molecule has 32 heavy (non-hydrogen) atoms. The third-order valence-corrected chi connectivity index (χ3v) is 3.72. The molecule has 2 N–H and O–H groups in total. The standard InChI is InChI=1S/C17H19N5O4.3C2H6/c1-24-7-8-26-16-20-14(18)13-15(21-16)22(17(19-13)25-2)9-11-3-5-12(10-23)6-4-11;3*1-2/h3-6,10H,7-9H2,1-2H3,(H2,18,20,21);3*1-2H3. The van der Waals surface area contributed by atoms with Crippen LogP contribution in [0.3, 0.4) is 0 Å². The summed E-state index contributed by atoms with van der Waals surface area (Å²) < 4.78 is 17.5. The van der Waals surface area contributed by atoms with Crippen LogP contribution in [0.15, 0.2) is 24.3 Å². The highest BCUT2D eigenvalue weighted by atomic mass is 16.5. The minimum atomic E-state index is 0.146. The molecule has 0 amide bonds. The summed E-state index contributed by atoms with van der Waals surface area (Å²) >= 11 is 0. The zero-order valence-electron chi connectivity index (χ0n) is 20.5. The first-order valence-corrected chi connectivity index (χ1v) is 10.9. The van der Waals surface area contributed by atoms with Gasteiger partial charge < -0.3 is 19.9 Å². The van der Waals surface area contributed by atoms with Crippen LogP contribution in [0.2, 0.25) is 0 Å². The van der Waals surface area contributed by atoms with Gasteiger partial charge in [-0.2, -0.15) is 15.0 Å². The van der Waals surface area contributed by atoms with Crippen molar-refractivity contribution in [2.45, 2.75) is 48.1 Å². The van der Waals surface area contributed by atoms with Crippen LogP contribution in [0.1, 0.15) is 57.5 Å². The molecule has 9 heteroatoms. The van der Waals surface area contributed by atoms with Gasteiger partial charge in [-0.3, -0.25) is 9.36 Å². The Morgan fingerprint density at radius 3 is 2.09 bits per heavy atom. The van der Waals surface area contributed by atoms with E-state index in [4.69, 9.17) is 19.9 Å². The largest absolute Gasteiger partial charge is 0.468 e. The number of anilines is 1. The fourth-order valence-corrected chi connectivity index (χ4v) is 2.44. The number of nitrogens with zero attached hydrogens (tertiary/aromatic N) is 4. The molecule has 0 radical (unpaired) electrons. The summed E-state index contributed by atoms with van der Waals surface area (Å²) in [5.41, 5.74) is 8.49. The Kier molecular flexibility index (Phi) is 14.8. The van der Waals surface area contributed by atoms with E-state index in [1.54, 1.807) is 23.8 Å². The van der Waals surface area contributed by atoms with Crippen molar-refractivity contribution in [2.75, 3.05) is 33.2 Å².